The number of hydrogen-bond acceptors (Lipinski definition) is 4. The zero-order chi connectivity index (χ0) is 23.3. The summed E-state index contributed by atoms with van der Waals surface area (Å²) >= 11 is 0. The highest BCUT2D eigenvalue weighted by molar-refractivity contribution is 5.94. The summed E-state index contributed by atoms with van der Waals surface area (Å²) in [6.07, 6.45) is -6.41. The van der Waals surface area contributed by atoms with Crippen molar-refractivity contribution >= 4 is 23.0 Å². The number of nitrogens with one attached hydrogen (secondary N) is 1. The Bertz CT molecular complexity index is 1130. The Morgan fingerprint density at radius 3 is 2.25 bits per heavy atom. The normalized spacial score (nSPS) is 12.0. The van der Waals surface area contributed by atoms with Crippen molar-refractivity contribution in [2.24, 2.45) is 0 Å². The van der Waals surface area contributed by atoms with Gasteiger partial charge in [-0.3, -0.25) is 4.79 Å². The fraction of sp³-hybridized carbons (Fsp3) is 0.130. The molecular formula is C23H17F4N3O2. The van der Waals surface area contributed by atoms with Crippen LogP contribution in [0.2, 0.25) is 0 Å². The molecule has 0 fully saturated rings. The first-order valence-electron chi connectivity index (χ1n) is 9.37. The summed E-state index contributed by atoms with van der Waals surface area (Å²) in [5.41, 5.74) is -0.869. The van der Waals surface area contributed by atoms with Crippen LogP contribution >= 0.6 is 0 Å². The molecular weight excluding hydrogens is 426 g/mol. The number of hydrogen-bond donors (Lipinski definition) is 2. The van der Waals surface area contributed by atoms with Crippen LogP contribution in [0.1, 0.15) is 11.1 Å². The predicted molar refractivity (Wildman–Crippen MR) is 111 cm³/mol. The number of carbonyl (C=O) groups is 1. The Labute approximate surface area is 181 Å². The summed E-state index contributed by atoms with van der Waals surface area (Å²) in [5, 5.41) is 21.6. The van der Waals surface area contributed by atoms with Crippen molar-refractivity contribution in [3.05, 3.63) is 89.7 Å². The van der Waals surface area contributed by atoms with Gasteiger partial charge in [0.25, 0.3) is 5.91 Å². The SMILES string of the molecule is N#Cc1ccc(NC(=O)C(O)CN(c2ccccc2)c2ccc(F)cc2)cc1C(F)(F)F. The van der Waals surface area contributed by atoms with Gasteiger partial charge in [0, 0.05) is 17.1 Å². The Kier molecular flexibility index (Phi) is 6.76. The molecule has 0 aliphatic rings. The van der Waals surface area contributed by atoms with Crippen LogP contribution in [-0.4, -0.2) is 23.7 Å². The maximum atomic E-state index is 13.3. The van der Waals surface area contributed by atoms with Crippen LogP contribution in [0.25, 0.3) is 0 Å². The number of nitrogens with zero attached hydrogens (tertiary/aromatic N) is 2. The van der Waals surface area contributed by atoms with E-state index in [9.17, 15) is 27.5 Å². The molecule has 0 aliphatic heterocycles. The van der Waals surface area contributed by atoms with Gasteiger partial charge in [-0.05, 0) is 54.6 Å². The molecule has 0 saturated heterocycles. The van der Waals surface area contributed by atoms with Gasteiger partial charge in [0.05, 0.1) is 23.7 Å². The Hall–Kier alpha value is -3.90. The highest BCUT2D eigenvalue weighted by Gasteiger charge is 2.34. The second kappa shape index (κ2) is 9.49. The van der Waals surface area contributed by atoms with E-state index in [-0.39, 0.29) is 12.2 Å². The lowest BCUT2D eigenvalue weighted by atomic mass is 10.1. The molecule has 0 saturated carbocycles. The van der Waals surface area contributed by atoms with Gasteiger partial charge in [-0.1, -0.05) is 18.2 Å². The lowest BCUT2D eigenvalue weighted by Gasteiger charge is -2.27. The zero-order valence-electron chi connectivity index (χ0n) is 16.5. The molecule has 0 heterocycles. The molecule has 0 aliphatic carbocycles. The molecule has 164 valence electrons. The predicted octanol–water partition coefficient (Wildman–Crippen LogP) is 4.85. The molecule has 9 heteroatoms. The van der Waals surface area contributed by atoms with Crippen molar-refractivity contribution in [1.82, 2.24) is 0 Å². The van der Waals surface area contributed by atoms with Crippen LogP contribution in [0, 0.1) is 17.1 Å². The third-order valence-corrected chi connectivity index (χ3v) is 4.58. The molecule has 2 N–H and O–H groups in total. The molecule has 3 aromatic carbocycles. The fourth-order valence-corrected chi connectivity index (χ4v) is 3.02. The smallest absolute Gasteiger partial charge is 0.381 e. The molecule has 1 amide bonds. The molecule has 5 nitrogen and oxygen atoms in total. The van der Waals surface area contributed by atoms with E-state index in [0.717, 1.165) is 12.1 Å². The topological polar surface area (TPSA) is 76.4 Å². The molecule has 3 aromatic rings. The van der Waals surface area contributed by atoms with Gasteiger partial charge in [0.1, 0.15) is 5.82 Å². The van der Waals surface area contributed by atoms with E-state index in [1.807, 2.05) is 0 Å². The molecule has 1 atom stereocenters. The third kappa shape index (κ3) is 5.42. The summed E-state index contributed by atoms with van der Waals surface area (Å²) in [5.74, 6) is -1.40. The molecule has 32 heavy (non-hydrogen) atoms. The summed E-state index contributed by atoms with van der Waals surface area (Å²) in [4.78, 5) is 14.1. The average Bonchev–Trinajstić information content (AvgIpc) is 2.78. The maximum absolute atomic E-state index is 13.3. The summed E-state index contributed by atoms with van der Waals surface area (Å²) in [6, 6.07) is 18.3. The minimum Gasteiger partial charge on any atom is -0.381 e. The Morgan fingerprint density at radius 2 is 1.66 bits per heavy atom. The van der Waals surface area contributed by atoms with Crippen molar-refractivity contribution in [1.29, 1.82) is 5.26 Å². The molecule has 0 aromatic heterocycles. The number of nitriles is 1. The van der Waals surface area contributed by atoms with Gasteiger partial charge >= 0.3 is 6.18 Å². The standard InChI is InChI=1S/C23H17F4N3O2/c24-16-7-10-19(11-8-16)30(18-4-2-1-3-5-18)14-21(31)22(32)29-17-9-6-15(13-28)20(12-17)23(25,26)27/h1-12,21,31H,14H2,(H,29,32). The number of carbonyl (C=O) groups excluding carboxylic acids is 1. The first-order chi connectivity index (χ1) is 15.2. The number of anilines is 3. The van der Waals surface area contributed by atoms with E-state index in [2.05, 4.69) is 5.32 Å². The molecule has 3 rings (SSSR count). The van der Waals surface area contributed by atoms with Crippen LogP contribution < -0.4 is 10.2 Å². The van der Waals surface area contributed by atoms with Crippen molar-refractivity contribution < 1.29 is 27.5 Å². The number of para-hydroxylation sites is 1. The van der Waals surface area contributed by atoms with Gasteiger partial charge in [-0.15, -0.1) is 0 Å². The van der Waals surface area contributed by atoms with Crippen molar-refractivity contribution in [2.75, 3.05) is 16.8 Å². The van der Waals surface area contributed by atoms with E-state index < -0.39 is 35.1 Å². The van der Waals surface area contributed by atoms with Crippen molar-refractivity contribution in [3.63, 3.8) is 0 Å². The molecule has 0 bridgehead atoms. The minimum absolute atomic E-state index is 0.214. The van der Waals surface area contributed by atoms with Crippen LogP contribution in [-0.2, 0) is 11.0 Å². The molecule has 1 unspecified atom stereocenters. The van der Waals surface area contributed by atoms with Gasteiger partial charge in [0.2, 0.25) is 0 Å². The average molecular weight is 443 g/mol. The second-order valence-corrected chi connectivity index (χ2v) is 6.80. The van der Waals surface area contributed by atoms with E-state index in [1.54, 1.807) is 35.2 Å². The Morgan fingerprint density at radius 1 is 1.03 bits per heavy atom. The van der Waals surface area contributed by atoms with Gasteiger partial charge < -0.3 is 15.3 Å². The summed E-state index contributed by atoms with van der Waals surface area (Å²) in [6.45, 7) is -0.246. The highest BCUT2D eigenvalue weighted by atomic mass is 19.4. The Balaban J connectivity index is 1.81. The number of rotatable bonds is 6. The monoisotopic (exact) mass is 443 g/mol. The third-order valence-electron chi connectivity index (χ3n) is 4.58. The zero-order valence-corrected chi connectivity index (χ0v) is 16.5. The van der Waals surface area contributed by atoms with E-state index in [1.165, 1.54) is 30.3 Å². The second-order valence-electron chi connectivity index (χ2n) is 6.80. The molecule has 0 spiro atoms. The van der Waals surface area contributed by atoms with Gasteiger partial charge in [-0.25, -0.2) is 4.39 Å². The largest absolute Gasteiger partial charge is 0.417 e. The molecule has 0 radical (unpaired) electrons. The van der Waals surface area contributed by atoms with E-state index in [0.29, 0.717) is 17.4 Å². The highest BCUT2D eigenvalue weighted by Crippen LogP contribution is 2.33. The number of halogens is 4. The number of aliphatic hydroxyl groups excluding tert-OH is 1. The minimum atomic E-state index is -4.78. The fourth-order valence-electron chi connectivity index (χ4n) is 3.02. The number of amides is 1. The van der Waals surface area contributed by atoms with Gasteiger partial charge in [-0.2, -0.15) is 18.4 Å². The van der Waals surface area contributed by atoms with Crippen LogP contribution in [0.3, 0.4) is 0 Å². The van der Waals surface area contributed by atoms with Gasteiger partial charge in [0.15, 0.2) is 6.10 Å². The maximum Gasteiger partial charge on any atom is 0.417 e. The van der Waals surface area contributed by atoms with Crippen molar-refractivity contribution in [2.45, 2.75) is 12.3 Å². The number of benzene rings is 3. The lowest BCUT2D eigenvalue weighted by Crippen LogP contribution is -2.38. The van der Waals surface area contributed by atoms with Crippen molar-refractivity contribution in [3.8, 4) is 6.07 Å². The summed E-state index contributed by atoms with van der Waals surface area (Å²) in [7, 11) is 0. The first-order valence-corrected chi connectivity index (χ1v) is 9.37. The van der Waals surface area contributed by atoms with E-state index in [4.69, 9.17) is 5.26 Å². The lowest BCUT2D eigenvalue weighted by molar-refractivity contribution is -0.137. The van der Waals surface area contributed by atoms with Crippen LogP contribution in [0.15, 0.2) is 72.8 Å². The van der Waals surface area contributed by atoms with Crippen LogP contribution in [0.5, 0.6) is 0 Å². The van der Waals surface area contributed by atoms with Crippen LogP contribution in [0.4, 0.5) is 34.6 Å². The van der Waals surface area contributed by atoms with E-state index >= 15 is 0 Å². The quantitative estimate of drug-likeness (QED) is 0.534. The first kappa shape index (κ1) is 22.8. The summed E-state index contributed by atoms with van der Waals surface area (Å²) < 4.78 is 52.7. The number of aliphatic hydroxyl groups is 1. The number of alkyl halides is 3.